The summed E-state index contributed by atoms with van der Waals surface area (Å²) in [5.74, 6) is -1.44. The van der Waals surface area contributed by atoms with Crippen molar-refractivity contribution in [2.75, 3.05) is 0 Å². The summed E-state index contributed by atoms with van der Waals surface area (Å²) in [7, 11) is 2.04. The lowest BCUT2D eigenvalue weighted by Crippen LogP contribution is -2.35. The third kappa shape index (κ3) is 3.53. The smallest absolute Gasteiger partial charge is 0.232 e. The van der Waals surface area contributed by atoms with Crippen LogP contribution in [-0.2, 0) is 7.05 Å². The number of aryl methyl sites for hydroxylation is 2. The zero-order valence-corrected chi connectivity index (χ0v) is 20.3. The molecule has 5 rings (SSSR count). The van der Waals surface area contributed by atoms with Crippen LogP contribution in [0.5, 0.6) is 0 Å². The molecule has 4 aromatic rings. The van der Waals surface area contributed by atoms with Crippen molar-refractivity contribution in [1.29, 1.82) is 0 Å². The molecule has 3 heteroatoms. The monoisotopic (exact) mass is 439 g/mol. The highest BCUT2D eigenvalue weighted by Crippen LogP contribution is 2.45. The first-order valence-corrected chi connectivity index (χ1v) is 11.9. The number of hydrogen-bond donors (Lipinski definition) is 0. The van der Waals surface area contributed by atoms with Gasteiger partial charge in [-0.3, -0.25) is 0 Å². The van der Waals surface area contributed by atoms with E-state index in [2.05, 4.69) is 47.5 Å². The van der Waals surface area contributed by atoms with Crippen LogP contribution in [0.2, 0.25) is 0 Å². The Bertz CT molecular complexity index is 1510. The maximum absolute atomic E-state index is 9.15. The first-order chi connectivity index (χ1) is 16.5. The van der Waals surface area contributed by atoms with Crippen molar-refractivity contribution in [2.45, 2.75) is 71.6 Å². The second-order valence-electron chi connectivity index (χ2n) is 9.68. The van der Waals surface area contributed by atoms with Crippen molar-refractivity contribution < 1.29 is 11.7 Å². The van der Waals surface area contributed by atoms with E-state index in [0.29, 0.717) is 11.3 Å². The van der Waals surface area contributed by atoms with Gasteiger partial charge in [-0.2, -0.15) is 4.57 Å². The van der Waals surface area contributed by atoms with Crippen LogP contribution in [0.3, 0.4) is 0 Å². The molecule has 3 nitrogen and oxygen atoms in total. The summed E-state index contributed by atoms with van der Waals surface area (Å²) >= 11 is 0. The van der Waals surface area contributed by atoms with Crippen LogP contribution in [-0.4, -0.2) is 0 Å². The molecule has 0 bridgehead atoms. The number of aromatic nitrogens is 1. The molecule has 1 saturated carbocycles. The van der Waals surface area contributed by atoms with Gasteiger partial charge in [0.05, 0.1) is 12.1 Å². The molecule has 33 heavy (non-hydrogen) atoms. The van der Waals surface area contributed by atoms with Crippen LogP contribution < -0.4 is 4.57 Å². The van der Waals surface area contributed by atoms with Gasteiger partial charge in [0.2, 0.25) is 11.4 Å². The maximum Gasteiger partial charge on any atom is 0.232 e. The van der Waals surface area contributed by atoms with E-state index in [0.717, 1.165) is 82.1 Å². The number of fused-ring (bicyclic) bond motifs is 3. The van der Waals surface area contributed by atoms with Crippen LogP contribution in [0.25, 0.3) is 38.0 Å². The molecular formula is C30H33N2O+. The average molecular weight is 440 g/mol. The molecule has 0 radical (unpaired) electrons. The Morgan fingerprint density at radius 2 is 1.76 bits per heavy atom. The van der Waals surface area contributed by atoms with E-state index in [1.807, 2.05) is 33.0 Å². The summed E-state index contributed by atoms with van der Waals surface area (Å²) < 4.78 is 26.5. The van der Waals surface area contributed by atoms with Crippen molar-refractivity contribution in [3.8, 4) is 11.3 Å². The minimum Gasteiger partial charge on any atom is -0.466 e. The lowest BCUT2D eigenvalue weighted by molar-refractivity contribution is -0.666. The van der Waals surface area contributed by atoms with E-state index < -0.39 is 11.8 Å². The molecule has 1 aliphatic carbocycles. The van der Waals surface area contributed by atoms with Crippen LogP contribution >= 0.6 is 0 Å². The molecule has 1 aliphatic rings. The predicted octanol–water partition coefficient (Wildman–Crippen LogP) is 8.42. The van der Waals surface area contributed by atoms with Crippen LogP contribution in [0.15, 0.2) is 40.8 Å². The van der Waals surface area contributed by atoms with E-state index in [4.69, 9.17) is 13.7 Å². The lowest BCUT2D eigenvalue weighted by atomic mass is 9.83. The molecule has 2 aromatic heterocycles. The van der Waals surface area contributed by atoms with Gasteiger partial charge in [0.1, 0.15) is 18.2 Å². The van der Waals surface area contributed by atoms with Crippen molar-refractivity contribution in [1.82, 2.24) is 0 Å². The maximum atomic E-state index is 9.15. The molecule has 0 amide bonds. The van der Waals surface area contributed by atoms with Crippen molar-refractivity contribution >= 4 is 27.6 Å². The third-order valence-corrected chi connectivity index (χ3v) is 7.32. The fourth-order valence-electron chi connectivity index (χ4n) is 5.28. The van der Waals surface area contributed by atoms with E-state index in [-0.39, 0.29) is 0 Å². The highest BCUT2D eigenvalue weighted by Gasteiger charge is 2.26. The number of hydrogen-bond acceptors (Lipinski definition) is 1. The first kappa shape index (κ1) is 19.4. The summed E-state index contributed by atoms with van der Waals surface area (Å²) in [5.41, 5.74) is 7.74. The van der Waals surface area contributed by atoms with Crippen LogP contribution in [0.1, 0.15) is 82.9 Å². The van der Waals surface area contributed by atoms with E-state index in [1.54, 1.807) is 0 Å². The molecule has 1 fully saturated rings. The van der Waals surface area contributed by atoms with Gasteiger partial charge in [-0.05, 0) is 48.2 Å². The Labute approximate surface area is 199 Å². The summed E-state index contributed by atoms with van der Waals surface area (Å²) in [5, 5.41) is 1.90. The molecule has 0 unspecified atom stereocenters. The molecule has 0 spiro atoms. The number of benzene rings is 2. The number of pyridine rings is 1. The van der Waals surface area contributed by atoms with Gasteiger partial charge in [0.25, 0.3) is 0 Å². The number of rotatable bonds is 3. The molecule has 168 valence electrons. The van der Waals surface area contributed by atoms with Crippen molar-refractivity contribution in [3.05, 3.63) is 70.2 Å². The van der Waals surface area contributed by atoms with Gasteiger partial charge in [-0.25, -0.2) is 4.85 Å². The third-order valence-electron chi connectivity index (χ3n) is 7.32. The zero-order chi connectivity index (χ0) is 25.1. The minimum atomic E-state index is -0.724. The first-order valence-electron chi connectivity index (χ1n) is 12.9. The van der Waals surface area contributed by atoms with E-state index in [1.165, 1.54) is 0 Å². The van der Waals surface area contributed by atoms with Crippen molar-refractivity contribution in [2.24, 2.45) is 7.05 Å². The standard InChI is InChI=1S/C30H33N2O/c1-18(2)22-16-20(4)32(6)26(17-22)27-19(3)12-13-24-25-15-14-23(21-10-8-7-9-11-21)28(31-5)30(25)33-29(24)27/h12-18,21H,7-11H2,1-4,6H3/q+1/i18D,21D. The highest BCUT2D eigenvalue weighted by molar-refractivity contribution is 6.13. The second kappa shape index (κ2) is 8.34. The highest BCUT2D eigenvalue weighted by atomic mass is 16.3. The van der Waals surface area contributed by atoms with Crippen molar-refractivity contribution in [3.63, 3.8) is 0 Å². The SMILES string of the molecule is [2H]C(C)(C)c1cc(C)[n+](C)c(-c2c(C)ccc3c2oc2c([N+]#[C-])c(C4([2H])CCCCC4)ccc23)c1. The Morgan fingerprint density at radius 3 is 2.45 bits per heavy atom. The Balaban J connectivity index is 1.83. The Morgan fingerprint density at radius 1 is 1.06 bits per heavy atom. The van der Waals surface area contributed by atoms with Gasteiger partial charge in [-0.1, -0.05) is 57.4 Å². The van der Waals surface area contributed by atoms with Gasteiger partial charge in [-0.15, -0.1) is 0 Å². The van der Waals surface area contributed by atoms with E-state index in [9.17, 15) is 0 Å². The second-order valence-corrected chi connectivity index (χ2v) is 9.68. The fourth-order valence-corrected chi connectivity index (χ4v) is 5.28. The molecule has 0 aliphatic heterocycles. The number of furan rings is 1. The Hall–Kier alpha value is -3.12. The number of nitrogens with zero attached hydrogens (tertiary/aromatic N) is 2. The average Bonchev–Trinajstić information content (AvgIpc) is 3.19. The van der Waals surface area contributed by atoms with Gasteiger partial charge >= 0.3 is 0 Å². The molecule has 0 atom stereocenters. The molecule has 0 saturated heterocycles. The quantitative estimate of drug-likeness (QED) is 0.232. The fraction of sp³-hybridized carbons (Fsp3) is 0.400. The summed E-state index contributed by atoms with van der Waals surface area (Å²) in [4.78, 5) is 3.92. The molecular weight excluding hydrogens is 404 g/mol. The van der Waals surface area contributed by atoms with Crippen LogP contribution in [0, 0.1) is 20.4 Å². The topological polar surface area (TPSA) is 21.4 Å². The summed E-state index contributed by atoms with van der Waals surface area (Å²) in [6.07, 6.45) is 4.79. The van der Waals surface area contributed by atoms with Gasteiger partial charge in [0.15, 0.2) is 5.69 Å². The summed E-state index contributed by atoms with van der Waals surface area (Å²) in [6.45, 7) is 16.0. The minimum absolute atomic E-state index is 0.487. The summed E-state index contributed by atoms with van der Waals surface area (Å²) in [6, 6.07) is 12.4. The van der Waals surface area contributed by atoms with Gasteiger partial charge < -0.3 is 4.42 Å². The van der Waals surface area contributed by atoms with E-state index >= 15 is 0 Å². The Kier molecular flexibility index (Phi) is 4.89. The largest absolute Gasteiger partial charge is 0.466 e. The normalized spacial score (nSPS) is 17.1. The van der Waals surface area contributed by atoms with Gasteiger partial charge in [0, 0.05) is 32.6 Å². The zero-order valence-electron chi connectivity index (χ0n) is 22.3. The molecule has 2 heterocycles. The predicted molar refractivity (Wildman–Crippen MR) is 136 cm³/mol. The molecule has 2 aromatic carbocycles. The van der Waals surface area contributed by atoms with Crippen LogP contribution in [0.4, 0.5) is 5.69 Å². The lowest BCUT2D eigenvalue weighted by Gasteiger charge is -2.23. The molecule has 0 N–H and O–H groups in total.